The minimum atomic E-state index is -4.41. The summed E-state index contributed by atoms with van der Waals surface area (Å²) in [4.78, 5) is 20.5. The van der Waals surface area contributed by atoms with Gasteiger partial charge < -0.3 is 19.3 Å². The second-order valence-corrected chi connectivity index (χ2v) is 8.08. The molecule has 0 N–H and O–H groups in total. The number of hydrogen-bond acceptors (Lipinski definition) is 5. The molecule has 0 saturated carbocycles. The summed E-state index contributed by atoms with van der Waals surface area (Å²) in [7, 11) is 1.54. The van der Waals surface area contributed by atoms with Crippen LogP contribution >= 0.6 is 0 Å². The number of amides is 1. The molecule has 174 valence electrons. The number of ether oxygens (including phenoxy) is 2. The third-order valence-corrected chi connectivity index (χ3v) is 5.33. The molecular formula is C23H28F3N3O3. The number of hydrogen-bond donors (Lipinski definition) is 0. The quantitative estimate of drug-likeness (QED) is 0.621. The van der Waals surface area contributed by atoms with Crippen LogP contribution < -0.4 is 14.4 Å². The van der Waals surface area contributed by atoms with Crippen molar-refractivity contribution in [1.29, 1.82) is 0 Å². The number of aromatic nitrogens is 1. The lowest BCUT2D eigenvalue weighted by atomic mass is 10.1. The van der Waals surface area contributed by atoms with E-state index in [1.807, 2.05) is 4.90 Å². The van der Waals surface area contributed by atoms with Crippen LogP contribution in [0.5, 0.6) is 11.5 Å². The van der Waals surface area contributed by atoms with E-state index in [1.54, 1.807) is 23.1 Å². The highest BCUT2D eigenvalue weighted by Crippen LogP contribution is 2.30. The summed E-state index contributed by atoms with van der Waals surface area (Å²) < 4.78 is 49.3. The number of rotatable bonds is 7. The summed E-state index contributed by atoms with van der Waals surface area (Å²) in [6.45, 7) is 6.66. The van der Waals surface area contributed by atoms with Gasteiger partial charge in [0, 0.05) is 37.9 Å². The number of benzene rings is 1. The fourth-order valence-electron chi connectivity index (χ4n) is 3.39. The zero-order valence-corrected chi connectivity index (χ0v) is 18.5. The van der Waals surface area contributed by atoms with E-state index in [1.165, 1.54) is 13.2 Å². The number of methoxy groups -OCH3 is 1. The monoisotopic (exact) mass is 451 g/mol. The molecule has 1 saturated heterocycles. The van der Waals surface area contributed by atoms with Crippen LogP contribution in [0.3, 0.4) is 0 Å². The highest BCUT2D eigenvalue weighted by molar-refractivity contribution is 5.95. The van der Waals surface area contributed by atoms with Crippen LogP contribution in [0, 0.1) is 5.92 Å². The standard InChI is InChI=1S/C23H28F3N3O3/c1-16(2)8-13-32-19-6-4-17(14-20(19)31-3)22(30)29-11-9-28(10-12-29)21-7-5-18(15-27-21)23(24,25)26/h4-7,14-16H,8-13H2,1-3H3. The molecular weight excluding hydrogens is 423 g/mol. The third-order valence-electron chi connectivity index (χ3n) is 5.33. The minimum Gasteiger partial charge on any atom is -0.493 e. The maximum absolute atomic E-state index is 13.0. The van der Waals surface area contributed by atoms with Crippen molar-refractivity contribution in [3.63, 3.8) is 0 Å². The Bertz CT molecular complexity index is 909. The lowest BCUT2D eigenvalue weighted by Gasteiger charge is -2.35. The van der Waals surface area contributed by atoms with Crippen molar-refractivity contribution in [3.05, 3.63) is 47.7 Å². The predicted molar refractivity (Wildman–Crippen MR) is 115 cm³/mol. The maximum atomic E-state index is 13.0. The Balaban J connectivity index is 1.60. The Morgan fingerprint density at radius 2 is 1.81 bits per heavy atom. The minimum absolute atomic E-state index is 0.128. The SMILES string of the molecule is COc1cc(C(=O)N2CCN(c3ccc(C(F)(F)F)cn3)CC2)ccc1OCCC(C)C. The van der Waals surface area contributed by atoms with Gasteiger partial charge in [0.2, 0.25) is 0 Å². The van der Waals surface area contributed by atoms with Gasteiger partial charge in [0.1, 0.15) is 5.82 Å². The zero-order valence-electron chi connectivity index (χ0n) is 18.5. The topological polar surface area (TPSA) is 54.9 Å². The Hall–Kier alpha value is -2.97. The first kappa shape index (κ1) is 23.7. The van der Waals surface area contributed by atoms with Crippen LogP contribution in [-0.4, -0.2) is 55.7 Å². The van der Waals surface area contributed by atoms with Crippen LogP contribution in [0.15, 0.2) is 36.5 Å². The van der Waals surface area contributed by atoms with Gasteiger partial charge in [0.15, 0.2) is 11.5 Å². The Morgan fingerprint density at radius 3 is 2.38 bits per heavy atom. The second-order valence-electron chi connectivity index (χ2n) is 8.08. The first-order valence-electron chi connectivity index (χ1n) is 10.6. The summed E-state index contributed by atoms with van der Waals surface area (Å²) in [5.74, 6) is 1.97. The smallest absolute Gasteiger partial charge is 0.417 e. The van der Waals surface area contributed by atoms with Gasteiger partial charge in [-0.25, -0.2) is 4.98 Å². The molecule has 0 bridgehead atoms. The number of anilines is 1. The summed E-state index contributed by atoms with van der Waals surface area (Å²) >= 11 is 0. The first-order chi connectivity index (χ1) is 15.2. The van der Waals surface area contributed by atoms with E-state index in [9.17, 15) is 18.0 Å². The van der Waals surface area contributed by atoms with Crippen LogP contribution in [0.1, 0.15) is 36.2 Å². The van der Waals surface area contributed by atoms with Crippen LogP contribution in [0.2, 0.25) is 0 Å². The molecule has 0 atom stereocenters. The average molecular weight is 451 g/mol. The summed E-state index contributed by atoms with van der Waals surface area (Å²) in [5, 5.41) is 0. The summed E-state index contributed by atoms with van der Waals surface area (Å²) in [6.07, 6.45) is -2.65. The molecule has 1 aromatic heterocycles. The molecule has 9 heteroatoms. The molecule has 1 aliphatic rings. The van der Waals surface area contributed by atoms with E-state index in [-0.39, 0.29) is 5.91 Å². The highest BCUT2D eigenvalue weighted by atomic mass is 19.4. The molecule has 6 nitrogen and oxygen atoms in total. The van der Waals surface area contributed by atoms with Gasteiger partial charge in [-0.2, -0.15) is 13.2 Å². The summed E-state index contributed by atoms with van der Waals surface area (Å²) in [5.41, 5.74) is -0.278. The molecule has 3 rings (SSSR count). The largest absolute Gasteiger partial charge is 0.493 e. The first-order valence-corrected chi connectivity index (χ1v) is 10.6. The fraction of sp³-hybridized carbons (Fsp3) is 0.478. The molecule has 0 spiro atoms. The molecule has 1 fully saturated rings. The molecule has 0 radical (unpaired) electrons. The van der Waals surface area contributed by atoms with Gasteiger partial charge in [-0.15, -0.1) is 0 Å². The van der Waals surface area contributed by atoms with Gasteiger partial charge in [-0.3, -0.25) is 4.79 Å². The van der Waals surface area contributed by atoms with E-state index in [0.29, 0.717) is 61.6 Å². The van der Waals surface area contributed by atoms with Gasteiger partial charge in [0.05, 0.1) is 19.3 Å². The van der Waals surface area contributed by atoms with E-state index in [4.69, 9.17) is 9.47 Å². The van der Waals surface area contributed by atoms with E-state index >= 15 is 0 Å². The number of carbonyl (C=O) groups excluding carboxylic acids is 1. The number of carbonyl (C=O) groups is 1. The molecule has 1 amide bonds. The van der Waals surface area contributed by atoms with E-state index < -0.39 is 11.7 Å². The maximum Gasteiger partial charge on any atom is 0.417 e. The molecule has 32 heavy (non-hydrogen) atoms. The molecule has 1 aromatic carbocycles. The van der Waals surface area contributed by atoms with E-state index in [2.05, 4.69) is 18.8 Å². The van der Waals surface area contributed by atoms with Crippen molar-refractivity contribution in [3.8, 4) is 11.5 Å². The molecule has 2 heterocycles. The number of alkyl halides is 3. The lowest BCUT2D eigenvalue weighted by Crippen LogP contribution is -2.49. The van der Waals surface area contributed by atoms with Gasteiger partial charge in [0.25, 0.3) is 5.91 Å². The van der Waals surface area contributed by atoms with Gasteiger partial charge in [-0.05, 0) is 42.7 Å². The predicted octanol–water partition coefficient (Wildman–Crippen LogP) is 4.50. The molecule has 0 aliphatic carbocycles. The molecule has 0 unspecified atom stereocenters. The Morgan fingerprint density at radius 1 is 1.09 bits per heavy atom. The van der Waals surface area contributed by atoms with Crippen molar-refractivity contribution < 1.29 is 27.4 Å². The van der Waals surface area contributed by atoms with Crippen LogP contribution in [-0.2, 0) is 6.18 Å². The Kier molecular flexibility index (Phi) is 7.48. The lowest BCUT2D eigenvalue weighted by molar-refractivity contribution is -0.137. The van der Waals surface area contributed by atoms with Crippen LogP contribution in [0.25, 0.3) is 0 Å². The van der Waals surface area contributed by atoms with Gasteiger partial charge in [-0.1, -0.05) is 13.8 Å². The van der Waals surface area contributed by atoms with Crippen molar-refractivity contribution >= 4 is 11.7 Å². The van der Waals surface area contributed by atoms with E-state index in [0.717, 1.165) is 18.7 Å². The van der Waals surface area contributed by atoms with Crippen molar-refractivity contribution in [2.24, 2.45) is 5.92 Å². The fourth-order valence-corrected chi connectivity index (χ4v) is 3.39. The Labute approximate surface area is 185 Å². The summed E-state index contributed by atoms with van der Waals surface area (Å²) in [6, 6.07) is 7.53. The average Bonchev–Trinajstić information content (AvgIpc) is 2.78. The van der Waals surface area contributed by atoms with Crippen molar-refractivity contribution in [2.45, 2.75) is 26.4 Å². The van der Waals surface area contributed by atoms with Crippen molar-refractivity contribution in [2.75, 3.05) is 44.8 Å². The highest BCUT2D eigenvalue weighted by Gasteiger charge is 2.31. The van der Waals surface area contributed by atoms with Crippen molar-refractivity contribution in [1.82, 2.24) is 9.88 Å². The third kappa shape index (κ3) is 5.83. The second kappa shape index (κ2) is 10.1. The molecule has 1 aliphatic heterocycles. The number of halogens is 3. The normalized spacial score (nSPS) is 14.6. The van der Waals surface area contributed by atoms with Gasteiger partial charge >= 0.3 is 6.18 Å². The van der Waals surface area contributed by atoms with Crippen LogP contribution in [0.4, 0.5) is 19.0 Å². The number of pyridine rings is 1. The molecule has 2 aromatic rings. The number of piperazine rings is 1. The zero-order chi connectivity index (χ0) is 23.3. The number of nitrogens with zero attached hydrogens (tertiary/aromatic N) is 3.